The number of fused-ring (bicyclic) bond motifs is 2. The van der Waals surface area contributed by atoms with Crippen LogP contribution in [-0.4, -0.2) is 29.2 Å². The molecule has 2 aromatic rings. The van der Waals surface area contributed by atoms with Crippen molar-refractivity contribution in [2.75, 3.05) is 0 Å². The van der Waals surface area contributed by atoms with Crippen molar-refractivity contribution in [3.05, 3.63) is 41.0 Å². The molecule has 0 saturated heterocycles. The van der Waals surface area contributed by atoms with E-state index in [0.717, 1.165) is 13.0 Å². The Balaban J connectivity index is 1.64. The zero-order chi connectivity index (χ0) is 17.6. The van der Waals surface area contributed by atoms with Gasteiger partial charge in [-0.3, -0.25) is 0 Å². The van der Waals surface area contributed by atoms with Gasteiger partial charge in [-0.15, -0.1) is 0 Å². The van der Waals surface area contributed by atoms with Gasteiger partial charge in [0.15, 0.2) is 5.82 Å². The van der Waals surface area contributed by atoms with E-state index in [1.807, 2.05) is 6.92 Å². The smallest absolute Gasteiger partial charge is 0.338 e. The Morgan fingerprint density at radius 2 is 2.24 bits per heavy atom. The van der Waals surface area contributed by atoms with Crippen LogP contribution in [-0.2, 0) is 34.3 Å². The maximum Gasteiger partial charge on any atom is 0.338 e. The lowest BCUT2D eigenvalue weighted by Gasteiger charge is -2.23. The SMILES string of the molecule is CCc1nc2n(n1)CCCC2NS(=O)(=O)c1ccc2c(c1)C(=O)OC2. The van der Waals surface area contributed by atoms with Gasteiger partial charge in [0.25, 0.3) is 0 Å². The summed E-state index contributed by atoms with van der Waals surface area (Å²) in [6, 6.07) is 4.06. The van der Waals surface area contributed by atoms with Crippen LogP contribution in [0.1, 0.15) is 53.4 Å². The van der Waals surface area contributed by atoms with E-state index in [2.05, 4.69) is 14.8 Å². The normalized spacial score (nSPS) is 19.4. The lowest BCUT2D eigenvalue weighted by Crippen LogP contribution is -2.33. The lowest BCUT2D eigenvalue weighted by molar-refractivity contribution is 0.0535. The Morgan fingerprint density at radius 1 is 1.40 bits per heavy atom. The first-order valence-corrected chi connectivity index (χ1v) is 9.72. The predicted octanol–water partition coefficient (Wildman–Crippen LogP) is 1.32. The fourth-order valence-corrected chi connectivity index (χ4v) is 4.43. The predicted molar refractivity (Wildman–Crippen MR) is 87.3 cm³/mol. The second kappa shape index (κ2) is 5.92. The molecule has 1 aromatic carbocycles. The largest absolute Gasteiger partial charge is 0.457 e. The number of carbonyl (C=O) groups is 1. The monoisotopic (exact) mass is 362 g/mol. The van der Waals surface area contributed by atoms with Crippen molar-refractivity contribution in [2.45, 2.75) is 50.3 Å². The molecule has 4 rings (SSSR count). The van der Waals surface area contributed by atoms with Gasteiger partial charge in [-0.05, 0) is 25.0 Å². The Morgan fingerprint density at radius 3 is 3.04 bits per heavy atom. The molecular formula is C16H18N4O4S. The van der Waals surface area contributed by atoms with Crippen LogP contribution in [0.5, 0.6) is 0 Å². The summed E-state index contributed by atoms with van der Waals surface area (Å²) in [4.78, 5) is 16.2. The molecule has 2 aliphatic rings. The summed E-state index contributed by atoms with van der Waals surface area (Å²) in [7, 11) is -3.78. The molecule has 25 heavy (non-hydrogen) atoms. The maximum absolute atomic E-state index is 12.8. The number of hydrogen-bond donors (Lipinski definition) is 1. The molecule has 1 aromatic heterocycles. The molecule has 0 aliphatic carbocycles. The molecule has 0 spiro atoms. The number of carbonyl (C=O) groups excluding carboxylic acids is 1. The van der Waals surface area contributed by atoms with E-state index < -0.39 is 22.0 Å². The van der Waals surface area contributed by atoms with Crippen LogP contribution in [0.2, 0.25) is 0 Å². The van der Waals surface area contributed by atoms with Crippen LogP contribution in [0.25, 0.3) is 0 Å². The Bertz CT molecular complexity index is 951. The molecule has 0 radical (unpaired) electrons. The molecule has 1 N–H and O–H groups in total. The summed E-state index contributed by atoms with van der Waals surface area (Å²) in [6.45, 7) is 2.89. The number of nitrogens with one attached hydrogen (secondary N) is 1. The van der Waals surface area contributed by atoms with Gasteiger partial charge in [0.05, 0.1) is 16.5 Å². The Labute approximate surface area is 145 Å². The molecule has 0 amide bonds. The first-order chi connectivity index (χ1) is 12.0. The van der Waals surface area contributed by atoms with E-state index in [1.165, 1.54) is 12.1 Å². The van der Waals surface area contributed by atoms with Gasteiger partial charge < -0.3 is 4.74 Å². The van der Waals surface area contributed by atoms with Gasteiger partial charge >= 0.3 is 5.97 Å². The van der Waals surface area contributed by atoms with Crippen molar-refractivity contribution in [2.24, 2.45) is 0 Å². The molecule has 9 heteroatoms. The number of sulfonamides is 1. The number of rotatable bonds is 4. The zero-order valence-electron chi connectivity index (χ0n) is 13.7. The highest BCUT2D eigenvalue weighted by Gasteiger charge is 2.30. The summed E-state index contributed by atoms with van der Waals surface area (Å²) in [5.74, 6) is 0.866. The van der Waals surface area contributed by atoms with Gasteiger partial charge in [-0.25, -0.2) is 27.6 Å². The summed E-state index contributed by atoms with van der Waals surface area (Å²) in [6.07, 6.45) is 2.18. The minimum atomic E-state index is -3.78. The van der Waals surface area contributed by atoms with Crippen molar-refractivity contribution < 1.29 is 17.9 Å². The van der Waals surface area contributed by atoms with E-state index in [-0.39, 0.29) is 11.5 Å². The van der Waals surface area contributed by atoms with E-state index >= 15 is 0 Å². The topological polar surface area (TPSA) is 103 Å². The summed E-state index contributed by atoms with van der Waals surface area (Å²) < 4.78 is 35.0. The lowest BCUT2D eigenvalue weighted by atomic mass is 10.1. The first kappa shape index (κ1) is 16.2. The molecule has 8 nitrogen and oxygen atoms in total. The van der Waals surface area contributed by atoms with Gasteiger partial charge in [0.2, 0.25) is 10.0 Å². The highest BCUT2D eigenvalue weighted by atomic mass is 32.2. The maximum atomic E-state index is 12.8. The standard InChI is InChI=1S/C16H18N4O4S/c1-2-14-17-15-13(4-3-7-20(15)18-14)19-25(22,23)11-6-5-10-9-24-16(21)12(10)8-11/h5-6,8,13,19H,2-4,7,9H2,1H3. The number of esters is 1. The second-order valence-electron chi connectivity index (χ2n) is 6.17. The Hall–Kier alpha value is -2.26. The van der Waals surface area contributed by atoms with Crippen LogP contribution in [0.15, 0.2) is 23.1 Å². The molecule has 0 saturated carbocycles. The second-order valence-corrected chi connectivity index (χ2v) is 7.89. The molecule has 1 unspecified atom stereocenters. The first-order valence-electron chi connectivity index (χ1n) is 8.24. The third-order valence-corrected chi connectivity index (χ3v) is 5.97. The Kier molecular flexibility index (Phi) is 3.84. The number of aromatic nitrogens is 3. The molecule has 3 heterocycles. The van der Waals surface area contributed by atoms with Crippen molar-refractivity contribution in [1.82, 2.24) is 19.5 Å². The molecule has 0 bridgehead atoms. The highest BCUT2D eigenvalue weighted by Crippen LogP contribution is 2.27. The van der Waals surface area contributed by atoms with Gasteiger partial charge in [-0.2, -0.15) is 5.10 Å². The summed E-state index contributed by atoms with van der Waals surface area (Å²) in [5.41, 5.74) is 1.01. The third-order valence-electron chi connectivity index (χ3n) is 4.50. The quantitative estimate of drug-likeness (QED) is 0.823. The van der Waals surface area contributed by atoms with Crippen molar-refractivity contribution in [3.63, 3.8) is 0 Å². The van der Waals surface area contributed by atoms with E-state index in [4.69, 9.17) is 4.74 Å². The van der Waals surface area contributed by atoms with Crippen LogP contribution < -0.4 is 4.72 Å². The van der Waals surface area contributed by atoms with Crippen LogP contribution in [0.4, 0.5) is 0 Å². The van der Waals surface area contributed by atoms with Gasteiger partial charge in [0.1, 0.15) is 12.4 Å². The van der Waals surface area contributed by atoms with E-state index in [1.54, 1.807) is 10.7 Å². The van der Waals surface area contributed by atoms with Crippen LogP contribution in [0.3, 0.4) is 0 Å². The third kappa shape index (κ3) is 2.83. The molecular weight excluding hydrogens is 344 g/mol. The average molecular weight is 362 g/mol. The van der Waals surface area contributed by atoms with Crippen LogP contribution in [0, 0.1) is 0 Å². The molecule has 0 fully saturated rings. The minimum Gasteiger partial charge on any atom is -0.457 e. The number of nitrogens with zero attached hydrogens (tertiary/aromatic N) is 3. The van der Waals surface area contributed by atoms with Crippen LogP contribution >= 0.6 is 0 Å². The van der Waals surface area contributed by atoms with Gasteiger partial charge in [0, 0.05) is 18.5 Å². The summed E-state index contributed by atoms with van der Waals surface area (Å²) in [5, 5.41) is 4.39. The van der Waals surface area contributed by atoms with Gasteiger partial charge in [-0.1, -0.05) is 13.0 Å². The molecule has 2 aliphatic heterocycles. The van der Waals surface area contributed by atoms with Crippen molar-refractivity contribution in [3.8, 4) is 0 Å². The number of hydrogen-bond acceptors (Lipinski definition) is 6. The number of ether oxygens (including phenoxy) is 1. The number of aryl methyl sites for hydroxylation is 2. The van der Waals surface area contributed by atoms with Crippen molar-refractivity contribution >= 4 is 16.0 Å². The van der Waals surface area contributed by atoms with E-state index in [0.29, 0.717) is 35.6 Å². The minimum absolute atomic E-state index is 0.0532. The van der Waals surface area contributed by atoms with E-state index in [9.17, 15) is 13.2 Å². The summed E-state index contributed by atoms with van der Waals surface area (Å²) >= 11 is 0. The fourth-order valence-electron chi connectivity index (χ4n) is 3.18. The average Bonchev–Trinajstić information content (AvgIpc) is 3.19. The van der Waals surface area contributed by atoms with Crippen molar-refractivity contribution in [1.29, 1.82) is 0 Å². The number of benzene rings is 1. The molecule has 1 atom stereocenters. The highest BCUT2D eigenvalue weighted by molar-refractivity contribution is 7.89. The number of cyclic esters (lactones) is 1. The molecule has 132 valence electrons. The fraction of sp³-hybridized carbons (Fsp3) is 0.438. The zero-order valence-corrected chi connectivity index (χ0v) is 14.5.